The molecule has 1 heterocycles. The molecular weight excluding hydrogens is 246 g/mol. The Morgan fingerprint density at radius 2 is 2.30 bits per heavy atom. The van der Waals surface area contributed by atoms with Gasteiger partial charge in [0.1, 0.15) is 0 Å². The molecule has 1 aliphatic heterocycles. The lowest BCUT2D eigenvalue weighted by molar-refractivity contribution is -0.113. The largest absolute Gasteiger partial charge is 0.371 e. The number of hydrogen-bond acceptors (Lipinski definition) is 2. The van der Waals surface area contributed by atoms with Crippen molar-refractivity contribution in [3.8, 4) is 0 Å². The average molecular weight is 273 g/mol. The smallest absolute Gasteiger partial charge is 0.156 e. The lowest BCUT2D eigenvalue weighted by atomic mass is 10.0. The van der Waals surface area contributed by atoms with E-state index in [0.29, 0.717) is 6.04 Å². The highest BCUT2D eigenvalue weighted by atomic mass is 16.1. The van der Waals surface area contributed by atoms with E-state index in [1.807, 2.05) is 18.2 Å². The number of allylic oxidation sites excluding steroid dienone is 5. The second-order valence-corrected chi connectivity index (χ2v) is 5.42. The van der Waals surface area contributed by atoms with Gasteiger partial charge in [-0.3, -0.25) is 4.79 Å². The minimum Gasteiger partial charge on any atom is -0.371 e. The lowest BCUT2D eigenvalue weighted by Crippen LogP contribution is -2.27. The standard InChI is InChI=1S/C18H27NO/c1-5-7-12-19-14-17(9-6-2)13-18(16(4)20)11-8-10-15(19)3/h6,8,10-11,14-15H,2,5,7,9,12-13H2,1,3-4H3/b10-8-,17-14-,18-11+. The summed E-state index contributed by atoms with van der Waals surface area (Å²) in [6, 6.07) is 0.351. The second-order valence-electron chi connectivity index (χ2n) is 5.42. The number of nitrogens with zero attached hydrogens (tertiary/aromatic N) is 1. The number of Topliss-reactive ketones (excluding diaryl/α,β-unsaturated/α-hetero) is 1. The molecule has 0 aliphatic carbocycles. The van der Waals surface area contributed by atoms with Crippen LogP contribution < -0.4 is 0 Å². The van der Waals surface area contributed by atoms with Gasteiger partial charge in [-0.15, -0.1) is 6.58 Å². The fraction of sp³-hybridized carbons (Fsp3) is 0.500. The molecule has 0 saturated carbocycles. The molecule has 1 atom stereocenters. The topological polar surface area (TPSA) is 20.3 Å². The van der Waals surface area contributed by atoms with Crippen LogP contribution in [0, 0.1) is 0 Å². The van der Waals surface area contributed by atoms with E-state index in [9.17, 15) is 4.79 Å². The summed E-state index contributed by atoms with van der Waals surface area (Å²) in [5, 5.41) is 0. The number of ketones is 1. The first-order valence-electron chi connectivity index (χ1n) is 7.53. The summed E-state index contributed by atoms with van der Waals surface area (Å²) in [7, 11) is 0. The van der Waals surface area contributed by atoms with Crippen molar-refractivity contribution in [1.82, 2.24) is 4.90 Å². The van der Waals surface area contributed by atoms with E-state index >= 15 is 0 Å². The number of rotatable bonds is 6. The van der Waals surface area contributed by atoms with Gasteiger partial charge in [0, 0.05) is 12.6 Å². The predicted octanol–water partition coefficient (Wildman–Crippen LogP) is 4.41. The highest BCUT2D eigenvalue weighted by Crippen LogP contribution is 2.20. The Bertz CT molecular complexity index is 429. The monoisotopic (exact) mass is 273 g/mol. The van der Waals surface area contributed by atoms with E-state index in [0.717, 1.165) is 25.0 Å². The predicted molar refractivity (Wildman–Crippen MR) is 86.5 cm³/mol. The van der Waals surface area contributed by atoms with Gasteiger partial charge < -0.3 is 4.90 Å². The molecule has 2 heteroatoms. The third-order valence-electron chi connectivity index (χ3n) is 3.60. The van der Waals surface area contributed by atoms with Gasteiger partial charge in [0.05, 0.1) is 0 Å². The molecule has 0 aromatic rings. The molecule has 0 N–H and O–H groups in total. The van der Waals surface area contributed by atoms with Crippen molar-refractivity contribution in [1.29, 1.82) is 0 Å². The van der Waals surface area contributed by atoms with E-state index in [-0.39, 0.29) is 5.78 Å². The highest BCUT2D eigenvalue weighted by molar-refractivity contribution is 5.94. The fourth-order valence-electron chi connectivity index (χ4n) is 2.31. The summed E-state index contributed by atoms with van der Waals surface area (Å²) in [6.45, 7) is 10.9. The Labute approximate surface area is 123 Å². The lowest BCUT2D eigenvalue weighted by Gasteiger charge is -2.26. The number of carbonyl (C=O) groups is 1. The van der Waals surface area contributed by atoms with E-state index < -0.39 is 0 Å². The molecule has 0 saturated heterocycles. The molecule has 20 heavy (non-hydrogen) atoms. The zero-order valence-electron chi connectivity index (χ0n) is 13.1. The van der Waals surface area contributed by atoms with Crippen molar-refractivity contribution in [3.63, 3.8) is 0 Å². The third kappa shape index (κ3) is 5.20. The Morgan fingerprint density at radius 1 is 1.55 bits per heavy atom. The van der Waals surface area contributed by atoms with Crippen LogP contribution in [0.3, 0.4) is 0 Å². The van der Waals surface area contributed by atoms with Gasteiger partial charge in [-0.05, 0) is 50.5 Å². The van der Waals surface area contributed by atoms with Crippen molar-refractivity contribution in [2.75, 3.05) is 6.54 Å². The van der Waals surface area contributed by atoms with Gasteiger partial charge in [0.25, 0.3) is 0 Å². The van der Waals surface area contributed by atoms with Gasteiger partial charge >= 0.3 is 0 Å². The molecular formula is C18H27NO. The minimum absolute atomic E-state index is 0.152. The van der Waals surface area contributed by atoms with Gasteiger partial charge in [0.2, 0.25) is 0 Å². The molecule has 0 aromatic heterocycles. The molecule has 0 bridgehead atoms. The van der Waals surface area contributed by atoms with Crippen LogP contribution in [0.15, 0.2) is 48.2 Å². The maximum atomic E-state index is 11.7. The number of hydrogen-bond donors (Lipinski definition) is 0. The van der Waals surface area contributed by atoms with Crippen LogP contribution in [-0.2, 0) is 4.79 Å². The summed E-state index contributed by atoms with van der Waals surface area (Å²) in [5.74, 6) is 0.152. The second kappa shape index (κ2) is 8.57. The van der Waals surface area contributed by atoms with Gasteiger partial charge in [0.15, 0.2) is 5.78 Å². The third-order valence-corrected chi connectivity index (χ3v) is 3.60. The maximum Gasteiger partial charge on any atom is 0.156 e. The van der Waals surface area contributed by atoms with E-state index in [1.54, 1.807) is 6.92 Å². The molecule has 2 nitrogen and oxygen atoms in total. The zero-order valence-corrected chi connectivity index (χ0v) is 13.1. The Hall–Kier alpha value is -1.57. The summed E-state index contributed by atoms with van der Waals surface area (Å²) in [5.41, 5.74) is 2.13. The van der Waals surface area contributed by atoms with Crippen LogP contribution in [0.1, 0.15) is 46.5 Å². The molecule has 0 spiro atoms. The first-order valence-corrected chi connectivity index (χ1v) is 7.53. The molecule has 1 unspecified atom stereocenters. The van der Waals surface area contributed by atoms with Crippen molar-refractivity contribution in [2.45, 2.75) is 52.5 Å². The van der Waals surface area contributed by atoms with Crippen molar-refractivity contribution in [2.24, 2.45) is 0 Å². The van der Waals surface area contributed by atoms with Gasteiger partial charge in [-0.2, -0.15) is 0 Å². The summed E-state index contributed by atoms with van der Waals surface area (Å²) >= 11 is 0. The van der Waals surface area contributed by atoms with Gasteiger partial charge in [-0.1, -0.05) is 37.6 Å². The van der Waals surface area contributed by atoms with Gasteiger partial charge in [-0.25, -0.2) is 0 Å². The van der Waals surface area contributed by atoms with Crippen molar-refractivity contribution in [3.05, 3.63) is 48.2 Å². The first-order chi connectivity index (χ1) is 9.58. The molecule has 1 aliphatic rings. The molecule has 110 valence electrons. The Balaban J connectivity index is 3.03. The Kier molecular flexibility index (Phi) is 7.06. The summed E-state index contributed by atoms with van der Waals surface area (Å²) in [4.78, 5) is 14.1. The molecule has 0 radical (unpaired) electrons. The van der Waals surface area contributed by atoms with Crippen LogP contribution >= 0.6 is 0 Å². The normalized spacial score (nSPS) is 26.4. The first kappa shape index (κ1) is 16.5. The highest BCUT2D eigenvalue weighted by Gasteiger charge is 2.12. The molecule has 1 rings (SSSR count). The van der Waals surface area contributed by atoms with E-state index in [1.165, 1.54) is 18.4 Å². The fourth-order valence-corrected chi connectivity index (χ4v) is 2.31. The van der Waals surface area contributed by atoms with Crippen LogP contribution in [-0.4, -0.2) is 23.3 Å². The quantitative estimate of drug-likeness (QED) is 0.668. The number of unbranched alkanes of at least 4 members (excludes halogenated alkanes) is 1. The van der Waals surface area contributed by atoms with Crippen molar-refractivity contribution >= 4 is 5.78 Å². The summed E-state index contributed by atoms with van der Waals surface area (Å²) < 4.78 is 0. The molecule has 0 fully saturated rings. The van der Waals surface area contributed by atoms with Crippen molar-refractivity contribution < 1.29 is 4.79 Å². The SMILES string of the molecule is C=CC/C1=C/N(CCCC)C(C)/C=C\C=C(\C(C)=O)C1. The average Bonchev–Trinajstić information content (AvgIpc) is 2.47. The molecule has 0 aromatic carbocycles. The minimum atomic E-state index is 0.152. The van der Waals surface area contributed by atoms with Crippen LogP contribution in [0.2, 0.25) is 0 Å². The number of carbonyl (C=O) groups excluding carboxylic acids is 1. The molecule has 0 amide bonds. The van der Waals surface area contributed by atoms with Crippen LogP contribution in [0.25, 0.3) is 0 Å². The van der Waals surface area contributed by atoms with E-state index in [2.05, 4.69) is 37.6 Å². The van der Waals surface area contributed by atoms with E-state index in [4.69, 9.17) is 0 Å². The Morgan fingerprint density at radius 3 is 2.90 bits per heavy atom. The summed E-state index contributed by atoms with van der Waals surface area (Å²) in [6.07, 6.45) is 14.2. The zero-order chi connectivity index (χ0) is 15.0. The van der Waals surface area contributed by atoms with Crippen LogP contribution in [0.4, 0.5) is 0 Å². The maximum absolute atomic E-state index is 11.7. The van der Waals surface area contributed by atoms with Crippen LogP contribution in [0.5, 0.6) is 0 Å².